The smallest absolute Gasteiger partial charge is 0.271 e. The predicted molar refractivity (Wildman–Crippen MR) is 104 cm³/mol. The van der Waals surface area contributed by atoms with Gasteiger partial charge in [0.25, 0.3) is 5.91 Å². The lowest BCUT2D eigenvalue weighted by atomic mass is 10.1. The van der Waals surface area contributed by atoms with Crippen molar-refractivity contribution in [3.63, 3.8) is 0 Å². The molecule has 2 rings (SSSR count). The molecule has 0 aliphatic heterocycles. The highest BCUT2D eigenvalue weighted by Gasteiger charge is 2.08. The third-order valence-electron chi connectivity index (χ3n) is 3.85. The Balaban J connectivity index is 2.07. The lowest BCUT2D eigenvalue weighted by Gasteiger charge is -2.20. The van der Waals surface area contributed by atoms with Crippen LogP contribution in [0.1, 0.15) is 36.7 Å². The molecule has 2 aromatic carbocycles. The number of hydrogen-bond donors (Lipinski definition) is 1. The summed E-state index contributed by atoms with van der Waals surface area (Å²) >= 11 is 3.49. The normalized spacial score (nSPS) is 11.2. The van der Waals surface area contributed by atoms with Gasteiger partial charge in [0.2, 0.25) is 0 Å². The van der Waals surface area contributed by atoms with Gasteiger partial charge in [0, 0.05) is 34.4 Å². The van der Waals surface area contributed by atoms with Gasteiger partial charge in [0.15, 0.2) is 0 Å². The Morgan fingerprint density at radius 1 is 1.08 bits per heavy atom. The van der Waals surface area contributed by atoms with Crippen molar-refractivity contribution in [2.75, 3.05) is 18.0 Å². The molecule has 1 amide bonds. The van der Waals surface area contributed by atoms with E-state index in [0.717, 1.165) is 34.5 Å². The van der Waals surface area contributed by atoms with Gasteiger partial charge in [-0.1, -0.05) is 34.1 Å². The first-order valence-corrected chi connectivity index (χ1v) is 8.80. The standard InChI is InChI=1S/C19H22BrN3O/c1-4-23(5-2)16-12-10-15(11-13-16)19(24)22-21-14(3)17-8-6-7-9-18(17)20/h6-13H,4-5H2,1-3H3,(H,22,24). The highest BCUT2D eigenvalue weighted by atomic mass is 79.9. The molecule has 0 radical (unpaired) electrons. The lowest BCUT2D eigenvalue weighted by Crippen LogP contribution is -2.22. The topological polar surface area (TPSA) is 44.7 Å². The van der Waals surface area contributed by atoms with Crippen molar-refractivity contribution in [1.29, 1.82) is 0 Å². The van der Waals surface area contributed by atoms with E-state index in [4.69, 9.17) is 0 Å². The fourth-order valence-corrected chi connectivity index (χ4v) is 3.00. The van der Waals surface area contributed by atoms with Gasteiger partial charge in [-0.3, -0.25) is 4.79 Å². The van der Waals surface area contributed by atoms with Crippen LogP contribution in [0.3, 0.4) is 0 Å². The molecule has 126 valence electrons. The van der Waals surface area contributed by atoms with Crippen molar-refractivity contribution in [1.82, 2.24) is 5.43 Å². The van der Waals surface area contributed by atoms with Crippen LogP contribution in [0.5, 0.6) is 0 Å². The molecule has 1 N–H and O–H groups in total. The van der Waals surface area contributed by atoms with E-state index in [2.05, 4.69) is 45.2 Å². The van der Waals surface area contributed by atoms with Crippen molar-refractivity contribution in [2.45, 2.75) is 20.8 Å². The second-order valence-electron chi connectivity index (χ2n) is 5.34. The van der Waals surface area contributed by atoms with Gasteiger partial charge in [0.1, 0.15) is 0 Å². The summed E-state index contributed by atoms with van der Waals surface area (Å²) in [6, 6.07) is 15.4. The van der Waals surface area contributed by atoms with Crippen LogP contribution in [0.25, 0.3) is 0 Å². The SMILES string of the molecule is CCN(CC)c1ccc(C(=O)NN=C(C)c2ccccc2Br)cc1. The maximum Gasteiger partial charge on any atom is 0.271 e. The Bertz CT molecular complexity index is 722. The zero-order valence-electron chi connectivity index (χ0n) is 14.2. The van der Waals surface area contributed by atoms with Crippen molar-refractivity contribution in [3.05, 3.63) is 64.1 Å². The number of hydrazone groups is 1. The number of rotatable bonds is 6. The Morgan fingerprint density at radius 2 is 1.71 bits per heavy atom. The first kappa shape index (κ1) is 18.2. The van der Waals surface area contributed by atoms with Crippen molar-refractivity contribution >= 4 is 33.2 Å². The van der Waals surface area contributed by atoms with Crippen LogP contribution in [0.4, 0.5) is 5.69 Å². The highest BCUT2D eigenvalue weighted by Crippen LogP contribution is 2.17. The van der Waals surface area contributed by atoms with Crippen LogP contribution < -0.4 is 10.3 Å². The van der Waals surface area contributed by atoms with E-state index < -0.39 is 0 Å². The zero-order valence-corrected chi connectivity index (χ0v) is 15.8. The molecule has 0 atom stereocenters. The molecule has 0 aliphatic rings. The molecule has 0 unspecified atom stereocenters. The quantitative estimate of drug-likeness (QED) is 0.587. The molecule has 5 heteroatoms. The number of hydrogen-bond acceptors (Lipinski definition) is 3. The largest absolute Gasteiger partial charge is 0.372 e. The fraction of sp³-hybridized carbons (Fsp3) is 0.263. The number of halogens is 1. The van der Waals surface area contributed by atoms with Gasteiger partial charge in [-0.15, -0.1) is 0 Å². The molecule has 0 bridgehead atoms. The van der Waals surface area contributed by atoms with E-state index >= 15 is 0 Å². The van der Waals surface area contributed by atoms with E-state index in [1.807, 2.05) is 55.5 Å². The Labute approximate surface area is 151 Å². The molecular weight excluding hydrogens is 366 g/mol. The van der Waals surface area contributed by atoms with E-state index in [-0.39, 0.29) is 5.91 Å². The molecule has 0 saturated carbocycles. The molecule has 24 heavy (non-hydrogen) atoms. The monoisotopic (exact) mass is 387 g/mol. The lowest BCUT2D eigenvalue weighted by molar-refractivity contribution is 0.0955. The van der Waals surface area contributed by atoms with Gasteiger partial charge in [-0.05, 0) is 51.1 Å². The summed E-state index contributed by atoms with van der Waals surface area (Å²) < 4.78 is 0.948. The maximum atomic E-state index is 12.2. The summed E-state index contributed by atoms with van der Waals surface area (Å²) in [5.74, 6) is -0.215. The minimum absolute atomic E-state index is 0.215. The molecule has 0 aromatic heterocycles. The molecule has 0 aliphatic carbocycles. The highest BCUT2D eigenvalue weighted by molar-refractivity contribution is 9.10. The van der Waals surface area contributed by atoms with E-state index in [9.17, 15) is 4.79 Å². The Morgan fingerprint density at radius 3 is 2.29 bits per heavy atom. The second kappa shape index (κ2) is 8.64. The number of nitrogens with one attached hydrogen (secondary N) is 1. The van der Waals surface area contributed by atoms with Crippen LogP contribution >= 0.6 is 15.9 Å². The zero-order chi connectivity index (χ0) is 17.5. The van der Waals surface area contributed by atoms with Crippen LogP contribution in [-0.2, 0) is 0 Å². The first-order chi connectivity index (χ1) is 11.6. The van der Waals surface area contributed by atoms with Gasteiger partial charge in [-0.2, -0.15) is 5.10 Å². The molecule has 0 heterocycles. The fourth-order valence-electron chi connectivity index (χ4n) is 2.43. The number of amides is 1. The predicted octanol–water partition coefficient (Wildman–Crippen LogP) is 4.45. The summed E-state index contributed by atoms with van der Waals surface area (Å²) in [4.78, 5) is 14.5. The molecule has 0 spiro atoms. The summed E-state index contributed by atoms with van der Waals surface area (Å²) in [5, 5.41) is 4.20. The summed E-state index contributed by atoms with van der Waals surface area (Å²) in [7, 11) is 0. The number of benzene rings is 2. The van der Waals surface area contributed by atoms with Gasteiger partial charge in [0.05, 0.1) is 5.71 Å². The summed E-state index contributed by atoms with van der Waals surface area (Å²) in [6.45, 7) is 7.98. The maximum absolute atomic E-state index is 12.2. The third kappa shape index (κ3) is 4.45. The summed E-state index contributed by atoms with van der Waals surface area (Å²) in [6.07, 6.45) is 0. The Hall–Kier alpha value is -2.14. The van der Waals surface area contributed by atoms with Crippen molar-refractivity contribution in [2.24, 2.45) is 5.10 Å². The van der Waals surface area contributed by atoms with Gasteiger partial charge in [-0.25, -0.2) is 5.43 Å². The molecule has 4 nitrogen and oxygen atoms in total. The average Bonchev–Trinajstić information content (AvgIpc) is 2.61. The third-order valence-corrected chi connectivity index (χ3v) is 4.54. The minimum atomic E-state index is -0.215. The summed E-state index contributed by atoms with van der Waals surface area (Å²) in [5.41, 5.74) is 6.02. The molecule has 0 saturated heterocycles. The van der Waals surface area contributed by atoms with Crippen LogP contribution in [0.2, 0.25) is 0 Å². The van der Waals surface area contributed by atoms with Crippen LogP contribution in [0, 0.1) is 0 Å². The van der Waals surface area contributed by atoms with Gasteiger partial charge < -0.3 is 4.90 Å². The van der Waals surface area contributed by atoms with E-state index in [0.29, 0.717) is 5.56 Å². The number of anilines is 1. The van der Waals surface area contributed by atoms with Crippen LogP contribution in [-0.4, -0.2) is 24.7 Å². The average molecular weight is 388 g/mol. The van der Waals surface area contributed by atoms with Gasteiger partial charge >= 0.3 is 0 Å². The van der Waals surface area contributed by atoms with E-state index in [1.54, 1.807) is 0 Å². The van der Waals surface area contributed by atoms with E-state index in [1.165, 1.54) is 0 Å². The molecule has 2 aromatic rings. The minimum Gasteiger partial charge on any atom is -0.372 e. The number of carbonyl (C=O) groups is 1. The van der Waals surface area contributed by atoms with Crippen molar-refractivity contribution < 1.29 is 4.79 Å². The van der Waals surface area contributed by atoms with Crippen molar-refractivity contribution in [3.8, 4) is 0 Å². The second-order valence-corrected chi connectivity index (χ2v) is 6.19. The number of carbonyl (C=O) groups excluding carboxylic acids is 1. The first-order valence-electron chi connectivity index (χ1n) is 8.01. The Kier molecular flexibility index (Phi) is 6.55. The molecule has 0 fully saturated rings. The molecular formula is C19H22BrN3O. The number of nitrogens with zero attached hydrogens (tertiary/aromatic N) is 2. The van der Waals surface area contributed by atoms with Crippen LogP contribution in [0.15, 0.2) is 58.1 Å².